The van der Waals surface area contributed by atoms with E-state index < -0.39 is 6.04 Å². The summed E-state index contributed by atoms with van der Waals surface area (Å²) in [6.07, 6.45) is 4.63. The number of rotatable bonds is 7. The molecule has 0 spiro atoms. The van der Waals surface area contributed by atoms with E-state index >= 15 is 0 Å². The minimum atomic E-state index is -0.758. The Labute approximate surface area is 219 Å². The quantitative estimate of drug-likeness (QED) is 0.489. The van der Waals surface area contributed by atoms with Crippen LogP contribution in [-0.4, -0.2) is 73.7 Å². The van der Waals surface area contributed by atoms with Crippen LogP contribution >= 0.6 is 0 Å². The Morgan fingerprint density at radius 2 is 1.81 bits per heavy atom. The predicted molar refractivity (Wildman–Crippen MR) is 146 cm³/mol. The topological polar surface area (TPSA) is 111 Å². The maximum Gasteiger partial charge on any atom is 0.253 e. The number of nitrogens with zero attached hydrogens (tertiary/aromatic N) is 2. The summed E-state index contributed by atoms with van der Waals surface area (Å²) >= 11 is 0. The van der Waals surface area contributed by atoms with Gasteiger partial charge in [0.15, 0.2) is 0 Å². The summed E-state index contributed by atoms with van der Waals surface area (Å²) < 4.78 is 0. The molecule has 0 fully saturated rings. The van der Waals surface area contributed by atoms with Crippen LogP contribution in [0.3, 0.4) is 0 Å². The zero-order valence-electron chi connectivity index (χ0n) is 22.9. The van der Waals surface area contributed by atoms with Gasteiger partial charge in [0.25, 0.3) is 5.91 Å². The fourth-order valence-electron chi connectivity index (χ4n) is 4.14. The van der Waals surface area contributed by atoms with Crippen LogP contribution in [0, 0.1) is 6.92 Å². The summed E-state index contributed by atoms with van der Waals surface area (Å²) in [7, 11) is 6.58. The first-order chi connectivity index (χ1) is 17.3. The normalized spacial score (nSPS) is 16.7. The molecule has 37 heavy (non-hydrogen) atoms. The summed E-state index contributed by atoms with van der Waals surface area (Å²) in [5.41, 5.74) is 5.37. The van der Waals surface area contributed by atoms with Crippen molar-refractivity contribution in [2.45, 2.75) is 52.1 Å². The molecule has 2 aliphatic rings. The minimum absolute atomic E-state index is 0.0246. The van der Waals surface area contributed by atoms with Gasteiger partial charge in [0.1, 0.15) is 6.04 Å². The van der Waals surface area contributed by atoms with Crippen LogP contribution in [0.4, 0.5) is 5.69 Å². The summed E-state index contributed by atoms with van der Waals surface area (Å²) in [5, 5.41) is 8.76. The molecule has 3 rings (SSSR count). The zero-order valence-corrected chi connectivity index (χ0v) is 22.9. The van der Waals surface area contributed by atoms with Crippen LogP contribution in [0.5, 0.6) is 0 Å². The first kappa shape index (κ1) is 29.4. The fraction of sp³-hybridized carbons (Fsp3) is 0.429. The molecule has 0 aromatic heterocycles. The number of fused-ring (bicyclic) bond motifs is 1. The van der Waals surface area contributed by atoms with Crippen molar-refractivity contribution < 1.29 is 19.2 Å². The third kappa shape index (κ3) is 8.06. The number of carbonyl (C=O) groups is 4. The van der Waals surface area contributed by atoms with Crippen molar-refractivity contribution >= 4 is 29.3 Å². The van der Waals surface area contributed by atoms with Gasteiger partial charge in [-0.05, 0) is 44.4 Å². The maximum atomic E-state index is 12.8. The minimum Gasteiger partial charge on any atom is -0.378 e. The van der Waals surface area contributed by atoms with Crippen molar-refractivity contribution in [1.29, 1.82) is 0 Å². The summed E-state index contributed by atoms with van der Waals surface area (Å²) in [4.78, 5) is 50.9. The van der Waals surface area contributed by atoms with E-state index in [1.165, 1.54) is 15.4 Å². The van der Waals surface area contributed by atoms with Crippen molar-refractivity contribution in [1.82, 2.24) is 20.4 Å². The molecular formula is C28H39N5O4. The molecule has 9 nitrogen and oxygen atoms in total. The fourth-order valence-corrected chi connectivity index (χ4v) is 4.14. The van der Waals surface area contributed by atoms with Gasteiger partial charge in [-0.15, -0.1) is 6.58 Å². The second-order valence-electron chi connectivity index (χ2n) is 9.73. The van der Waals surface area contributed by atoms with Gasteiger partial charge in [-0.25, -0.2) is 0 Å². The number of anilines is 1. The van der Waals surface area contributed by atoms with Crippen LogP contribution in [0.15, 0.2) is 53.8 Å². The Morgan fingerprint density at radius 3 is 2.38 bits per heavy atom. The van der Waals surface area contributed by atoms with Crippen molar-refractivity contribution in [3.63, 3.8) is 0 Å². The molecule has 3 N–H and O–H groups in total. The highest BCUT2D eigenvalue weighted by atomic mass is 16.2. The highest BCUT2D eigenvalue weighted by molar-refractivity contribution is 6.01. The summed E-state index contributed by atoms with van der Waals surface area (Å²) in [6, 6.07) is 5.22. The molecule has 200 valence electrons. The lowest BCUT2D eigenvalue weighted by molar-refractivity contribution is -0.134. The number of benzene rings is 1. The lowest BCUT2D eigenvalue weighted by atomic mass is 9.97. The molecule has 0 saturated carbocycles. The van der Waals surface area contributed by atoms with Crippen molar-refractivity contribution in [3.05, 3.63) is 64.9 Å². The van der Waals surface area contributed by atoms with Gasteiger partial charge in [-0.2, -0.15) is 0 Å². The molecule has 1 aromatic rings. The Hall–Kier alpha value is -3.88. The average Bonchev–Trinajstić information content (AvgIpc) is 3.19. The number of hydrogen-bond donors (Lipinski definition) is 3. The van der Waals surface area contributed by atoms with Crippen molar-refractivity contribution in [2.75, 3.05) is 33.5 Å². The first-order valence-electron chi connectivity index (χ1n) is 12.2. The molecule has 0 bridgehead atoms. The highest BCUT2D eigenvalue weighted by Gasteiger charge is 2.27. The van der Waals surface area contributed by atoms with Crippen LogP contribution in [0.1, 0.15) is 37.8 Å². The molecule has 0 saturated heterocycles. The number of dihydropyridines is 1. The summed E-state index contributed by atoms with van der Waals surface area (Å²) in [5.74, 6) is -0.553. The van der Waals surface area contributed by atoms with E-state index in [9.17, 15) is 19.2 Å². The molecule has 2 atom stereocenters. The molecule has 4 amide bonds. The smallest absolute Gasteiger partial charge is 0.253 e. The van der Waals surface area contributed by atoms with Gasteiger partial charge in [0.2, 0.25) is 17.7 Å². The van der Waals surface area contributed by atoms with Crippen LogP contribution in [0.2, 0.25) is 0 Å². The number of allylic oxidation sites excluding steroid dienone is 1. The lowest BCUT2D eigenvalue weighted by Gasteiger charge is -2.26. The standard InChI is InChI=1S/C19H30N4O3.C9H9NO/c1-8-14-11-12(2)17(13(3)20-14)18(25)21-15(19(26)23(6)7)9-10-16(24)22(4)5;1-6-2-3-8-7(4-6)5-9(11)10-8/h8,11,14-15,20H,1,9-10H2,2-7H3,(H,21,25);2-4H,5H2,1H3,(H,10,11). The second kappa shape index (κ2) is 12.9. The third-order valence-electron chi connectivity index (χ3n) is 6.14. The Balaban J connectivity index is 0.000000358. The van der Waals surface area contributed by atoms with Crippen molar-refractivity contribution in [2.24, 2.45) is 0 Å². The molecule has 2 aliphatic heterocycles. The number of likely N-dealkylation sites (N-methyl/N-ethyl adjacent to an activating group) is 1. The van der Waals surface area contributed by atoms with Gasteiger partial charge in [-0.3, -0.25) is 19.2 Å². The third-order valence-corrected chi connectivity index (χ3v) is 6.14. The molecule has 2 heterocycles. The van der Waals surface area contributed by atoms with Crippen molar-refractivity contribution in [3.8, 4) is 0 Å². The number of hydrogen-bond acceptors (Lipinski definition) is 5. The van der Waals surface area contributed by atoms with E-state index in [1.54, 1.807) is 34.3 Å². The Bertz CT molecular complexity index is 1130. The molecule has 2 unspecified atom stereocenters. The maximum absolute atomic E-state index is 12.8. The number of carbonyl (C=O) groups excluding carboxylic acids is 4. The van der Waals surface area contributed by atoms with Gasteiger partial charge in [-0.1, -0.05) is 29.8 Å². The van der Waals surface area contributed by atoms with E-state index in [0.29, 0.717) is 12.0 Å². The zero-order chi connectivity index (χ0) is 27.9. The van der Waals surface area contributed by atoms with E-state index in [1.807, 2.05) is 45.0 Å². The van der Waals surface area contributed by atoms with Gasteiger partial charge in [0, 0.05) is 46.0 Å². The molecular weight excluding hydrogens is 470 g/mol. The van der Waals surface area contributed by atoms with Crippen LogP contribution in [0.25, 0.3) is 0 Å². The second-order valence-corrected chi connectivity index (χ2v) is 9.73. The molecule has 9 heteroatoms. The SMILES string of the molecule is C=CC1C=C(C)C(C(=O)NC(CCC(=O)N(C)C)C(=O)N(C)C)=C(C)N1.Cc1ccc2c(c1)CC(=O)N2. The number of aryl methyl sites for hydroxylation is 1. The summed E-state index contributed by atoms with van der Waals surface area (Å²) in [6.45, 7) is 9.46. The van der Waals surface area contributed by atoms with E-state index in [-0.39, 0.29) is 42.5 Å². The van der Waals surface area contributed by atoms with Gasteiger partial charge in [0.05, 0.1) is 18.0 Å². The number of amides is 4. The highest BCUT2D eigenvalue weighted by Crippen LogP contribution is 2.23. The van der Waals surface area contributed by atoms with Gasteiger partial charge < -0.3 is 25.8 Å². The lowest BCUT2D eigenvalue weighted by Crippen LogP contribution is -2.48. The number of nitrogens with one attached hydrogen (secondary N) is 3. The molecule has 1 aromatic carbocycles. The molecule has 0 aliphatic carbocycles. The van der Waals surface area contributed by atoms with Crippen LogP contribution < -0.4 is 16.0 Å². The monoisotopic (exact) mass is 509 g/mol. The Morgan fingerprint density at radius 1 is 1.14 bits per heavy atom. The predicted octanol–water partition coefficient (Wildman–Crippen LogP) is 2.30. The van der Waals surface area contributed by atoms with E-state index in [0.717, 1.165) is 22.5 Å². The first-order valence-corrected chi connectivity index (χ1v) is 12.2. The largest absolute Gasteiger partial charge is 0.378 e. The van der Waals surface area contributed by atoms with Gasteiger partial charge >= 0.3 is 0 Å². The molecule has 0 radical (unpaired) electrons. The average molecular weight is 510 g/mol. The van der Waals surface area contributed by atoms with E-state index in [4.69, 9.17) is 0 Å². The van der Waals surface area contributed by atoms with E-state index in [2.05, 4.69) is 22.5 Å². The van der Waals surface area contributed by atoms with Crippen LogP contribution in [-0.2, 0) is 25.6 Å². The Kier molecular flexibility index (Phi) is 10.2.